The molecule has 12 heteroatoms. The molecule has 1 unspecified atom stereocenters. The fourth-order valence-corrected chi connectivity index (χ4v) is 5.71. The molecule has 3 aromatic carbocycles. The molecule has 1 amide bonds. The third-order valence-corrected chi connectivity index (χ3v) is 7.87. The fraction of sp³-hybridized carbons (Fsp3) is 0.167. The Balaban J connectivity index is 1.67. The van der Waals surface area contributed by atoms with Crippen molar-refractivity contribution in [1.82, 2.24) is 4.57 Å². The average Bonchev–Trinajstić information content (AvgIpc) is 3.55. The van der Waals surface area contributed by atoms with Crippen LogP contribution in [0.25, 0.3) is 17.0 Å². The summed E-state index contributed by atoms with van der Waals surface area (Å²) in [6.45, 7) is 1.84. The molecule has 0 spiro atoms. The molecule has 1 aliphatic heterocycles. The van der Waals surface area contributed by atoms with Crippen LogP contribution in [0.2, 0.25) is 0 Å². The Labute approximate surface area is 241 Å². The van der Waals surface area contributed by atoms with E-state index >= 15 is 0 Å². The van der Waals surface area contributed by atoms with Gasteiger partial charge in [-0.1, -0.05) is 24.3 Å². The first kappa shape index (κ1) is 28.6. The average molecular weight is 590 g/mol. The molecular formula is C30H27N3O8S. The van der Waals surface area contributed by atoms with E-state index in [1.165, 1.54) is 24.3 Å². The molecule has 0 fully saturated rings. The number of aromatic nitrogens is 1. The zero-order valence-electron chi connectivity index (χ0n) is 22.7. The van der Waals surface area contributed by atoms with E-state index in [2.05, 4.69) is 0 Å². The zero-order valence-corrected chi connectivity index (χ0v) is 23.5. The maximum Gasteiger partial charge on any atom is 0.330 e. The molecular weight excluding hydrogens is 562 g/mol. The number of Topliss-reactive ketones (excluding diaryl/α,β-unsaturated/α-hetero) is 1. The van der Waals surface area contributed by atoms with Crippen LogP contribution >= 0.6 is 0 Å². The number of aryl methyl sites for hydroxylation is 1. The van der Waals surface area contributed by atoms with E-state index in [1.807, 2.05) is 0 Å². The van der Waals surface area contributed by atoms with Crippen LogP contribution < -0.4 is 20.3 Å². The highest BCUT2D eigenvalue weighted by Gasteiger charge is 2.30. The Morgan fingerprint density at radius 1 is 1.02 bits per heavy atom. The quantitative estimate of drug-likeness (QED) is 0.170. The molecule has 0 bridgehead atoms. The van der Waals surface area contributed by atoms with Crippen molar-refractivity contribution in [2.75, 3.05) is 13.4 Å². The molecule has 5 rings (SSSR count). The van der Waals surface area contributed by atoms with Gasteiger partial charge in [-0.2, -0.15) is 0 Å². The van der Waals surface area contributed by atoms with Crippen LogP contribution in [0, 0.1) is 0 Å². The van der Waals surface area contributed by atoms with Crippen molar-refractivity contribution < 1.29 is 37.0 Å². The number of hydrogen-bond acceptors (Lipinski definition) is 8. The van der Waals surface area contributed by atoms with Gasteiger partial charge in [0, 0.05) is 41.4 Å². The summed E-state index contributed by atoms with van der Waals surface area (Å²) < 4.78 is 42.7. The summed E-state index contributed by atoms with van der Waals surface area (Å²) >= 11 is 0. The van der Waals surface area contributed by atoms with Crippen molar-refractivity contribution in [3.05, 3.63) is 94.7 Å². The number of primary amides is 1. The lowest BCUT2D eigenvalue weighted by atomic mass is 9.84. The predicted octanol–water partition coefficient (Wildman–Crippen LogP) is 3.24. The molecule has 11 nitrogen and oxygen atoms in total. The standard InChI is InChI=1S/C30H27N3O8S/c1-3-39-27(34)11-8-17-4-5-19(14-26(17)42(32,37)38)29(35)28(18-7-10-24-25(13-18)41-16-40-24)22-15-33(2)23-12-20(30(31)36)6-9-21(22)23/h4-15,28H,3,16H2,1-2H3,(H2,31,36)(H2,32,37,38). The number of fused-ring (bicyclic) bond motifs is 2. The molecule has 2 heterocycles. The summed E-state index contributed by atoms with van der Waals surface area (Å²) in [5.74, 6) is -1.59. The van der Waals surface area contributed by atoms with Gasteiger partial charge in [-0.05, 0) is 60.0 Å². The Bertz CT molecular complexity index is 1890. The van der Waals surface area contributed by atoms with Crippen molar-refractivity contribution in [2.45, 2.75) is 17.7 Å². The highest BCUT2D eigenvalue weighted by Crippen LogP contribution is 2.40. The van der Waals surface area contributed by atoms with E-state index in [0.29, 0.717) is 39.1 Å². The van der Waals surface area contributed by atoms with Gasteiger partial charge in [-0.25, -0.2) is 18.4 Å². The van der Waals surface area contributed by atoms with E-state index < -0.39 is 33.6 Å². The molecule has 0 radical (unpaired) electrons. The second kappa shape index (κ2) is 11.1. The Morgan fingerprint density at radius 3 is 2.48 bits per heavy atom. The van der Waals surface area contributed by atoms with Crippen molar-refractivity contribution in [1.29, 1.82) is 0 Å². The summed E-state index contributed by atoms with van der Waals surface area (Å²) in [6, 6.07) is 14.2. The van der Waals surface area contributed by atoms with Crippen LogP contribution in [0.4, 0.5) is 0 Å². The first-order chi connectivity index (χ1) is 20.0. The van der Waals surface area contributed by atoms with Gasteiger partial charge in [-0.3, -0.25) is 9.59 Å². The number of benzene rings is 3. The van der Waals surface area contributed by atoms with E-state index in [-0.39, 0.29) is 29.4 Å². The highest BCUT2D eigenvalue weighted by molar-refractivity contribution is 7.89. The van der Waals surface area contributed by atoms with Crippen LogP contribution in [0.3, 0.4) is 0 Å². The number of nitrogens with two attached hydrogens (primary N) is 2. The number of nitrogens with zero attached hydrogens (tertiary/aromatic N) is 1. The zero-order chi connectivity index (χ0) is 30.2. The summed E-state index contributed by atoms with van der Waals surface area (Å²) in [5, 5.41) is 6.20. The Hall–Kier alpha value is -4.94. The number of amides is 1. The van der Waals surface area contributed by atoms with Crippen molar-refractivity contribution in [2.24, 2.45) is 17.9 Å². The predicted molar refractivity (Wildman–Crippen MR) is 154 cm³/mol. The number of sulfonamides is 1. The largest absolute Gasteiger partial charge is 0.463 e. The monoisotopic (exact) mass is 589 g/mol. The van der Waals surface area contributed by atoms with Crippen LogP contribution in [0.5, 0.6) is 11.5 Å². The molecule has 1 atom stereocenters. The molecule has 1 aliphatic rings. The summed E-state index contributed by atoms with van der Waals surface area (Å²) in [6.07, 6.45) is 4.13. The molecule has 42 heavy (non-hydrogen) atoms. The van der Waals surface area contributed by atoms with Crippen molar-refractivity contribution >= 4 is 44.7 Å². The maximum atomic E-state index is 14.3. The van der Waals surface area contributed by atoms with Crippen LogP contribution in [0.1, 0.15) is 50.2 Å². The molecule has 216 valence electrons. The number of carbonyl (C=O) groups is 3. The van der Waals surface area contributed by atoms with E-state index in [0.717, 1.165) is 6.08 Å². The third kappa shape index (κ3) is 5.49. The fourth-order valence-electron chi connectivity index (χ4n) is 4.95. The SMILES string of the molecule is CCOC(=O)C=Cc1ccc(C(=O)C(c2ccc3c(c2)OCO3)c2cn(C)c3cc(C(N)=O)ccc23)cc1S(N)(=O)=O. The van der Waals surface area contributed by atoms with Gasteiger partial charge in [0.05, 0.1) is 17.4 Å². The topological polar surface area (TPSA) is 170 Å². The van der Waals surface area contributed by atoms with Crippen LogP contribution in [-0.2, 0) is 26.6 Å². The molecule has 4 N–H and O–H groups in total. The molecule has 0 saturated carbocycles. The highest BCUT2D eigenvalue weighted by atomic mass is 32.2. The third-order valence-electron chi connectivity index (χ3n) is 6.90. The Kier molecular flexibility index (Phi) is 7.59. The number of ether oxygens (including phenoxy) is 3. The minimum atomic E-state index is -4.30. The van der Waals surface area contributed by atoms with Gasteiger partial charge in [0.1, 0.15) is 0 Å². The van der Waals surface area contributed by atoms with Gasteiger partial charge in [0.15, 0.2) is 17.3 Å². The van der Waals surface area contributed by atoms with Gasteiger partial charge < -0.3 is 24.5 Å². The lowest BCUT2D eigenvalue weighted by molar-refractivity contribution is -0.137. The minimum Gasteiger partial charge on any atom is -0.463 e. The summed E-state index contributed by atoms with van der Waals surface area (Å²) in [5.41, 5.74) is 7.83. The second-order valence-corrected chi connectivity index (χ2v) is 11.1. The minimum absolute atomic E-state index is 0.0417. The lowest BCUT2D eigenvalue weighted by Crippen LogP contribution is -2.18. The number of rotatable bonds is 9. The first-order valence-corrected chi connectivity index (χ1v) is 14.4. The van der Waals surface area contributed by atoms with E-state index in [1.54, 1.807) is 61.1 Å². The molecule has 0 saturated heterocycles. The summed E-state index contributed by atoms with van der Waals surface area (Å²) in [4.78, 5) is 37.6. The van der Waals surface area contributed by atoms with Gasteiger partial charge in [0.25, 0.3) is 0 Å². The number of hydrogen-bond donors (Lipinski definition) is 2. The van der Waals surface area contributed by atoms with E-state index in [4.69, 9.17) is 25.1 Å². The molecule has 4 aromatic rings. The van der Waals surface area contributed by atoms with Gasteiger partial charge in [-0.15, -0.1) is 0 Å². The second-order valence-electron chi connectivity index (χ2n) is 9.58. The van der Waals surface area contributed by atoms with Gasteiger partial charge >= 0.3 is 5.97 Å². The normalized spacial score (nSPS) is 13.4. The van der Waals surface area contributed by atoms with Crippen molar-refractivity contribution in [3.63, 3.8) is 0 Å². The lowest BCUT2D eigenvalue weighted by Gasteiger charge is -2.18. The number of carbonyl (C=O) groups excluding carboxylic acids is 3. The van der Waals surface area contributed by atoms with Crippen LogP contribution in [-0.4, -0.2) is 44.0 Å². The maximum absolute atomic E-state index is 14.3. The first-order valence-electron chi connectivity index (χ1n) is 12.8. The van der Waals surface area contributed by atoms with E-state index in [9.17, 15) is 22.8 Å². The van der Waals surface area contributed by atoms with Gasteiger partial charge in [0.2, 0.25) is 22.7 Å². The number of ketones is 1. The number of esters is 1. The number of primary sulfonamides is 1. The molecule has 1 aromatic heterocycles. The smallest absolute Gasteiger partial charge is 0.330 e. The summed E-state index contributed by atoms with van der Waals surface area (Å²) in [7, 11) is -2.52. The van der Waals surface area contributed by atoms with Crippen molar-refractivity contribution in [3.8, 4) is 11.5 Å². The molecule has 0 aliphatic carbocycles. The Morgan fingerprint density at radius 2 is 1.76 bits per heavy atom. The van der Waals surface area contributed by atoms with Crippen LogP contribution in [0.15, 0.2) is 71.8 Å².